The highest BCUT2D eigenvalue weighted by Crippen LogP contribution is 2.16. The summed E-state index contributed by atoms with van der Waals surface area (Å²) in [7, 11) is 0. The molecule has 0 aliphatic carbocycles. The van der Waals surface area contributed by atoms with Gasteiger partial charge in [-0.25, -0.2) is 0 Å². The molecule has 0 aromatic heterocycles. The van der Waals surface area contributed by atoms with E-state index in [1.165, 1.54) is 0 Å². The number of amides is 1. The Labute approximate surface area is 126 Å². The van der Waals surface area contributed by atoms with Crippen LogP contribution in [-0.2, 0) is 9.53 Å². The molecule has 1 aromatic rings. The fraction of sp³-hybridized carbons (Fsp3) is 0.562. The number of benzene rings is 1. The Kier molecular flexibility index (Phi) is 9.24. The van der Waals surface area contributed by atoms with Crippen LogP contribution in [-0.4, -0.2) is 37.4 Å². The molecule has 5 heteroatoms. The topological polar surface area (TPSA) is 67.8 Å². The van der Waals surface area contributed by atoms with Crippen molar-refractivity contribution >= 4 is 11.6 Å². The minimum Gasteiger partial charge on any atom is -0.494 e. The Bertz CT molecular complexity index is 392. The van der Waals surface area contributed by atoms with Crippen molar-refractivity contribution in [3.05, 3.63) is 24.3 Å². The number of anilines is 1. The first kappa shape index (κ1) is 17.5. The normalized spacial score (nSPS) is 10.4. The average molecular weight is 295 g/mol. The van der Waals surface area contributed by atoms with E-state index in [4.69, 9.17) is 14.6 Å². The maximum Gasteiger partial charge on any atom is 0.226 e. The Hall–Kier alpha value is -1.59. The van der Waals surface area contributed by atoms with E-state index in [2.05, 4.69) is 12.2 Å². The van der Waals surface area contributed by atoms with Crippen molar-refractivity contribution in [2.75, 3.05) is 31.7 Å². The summed E-state index contributed by atoms with van der Waals surface area (Å²) in [6, 6.07) is 7.18. The van der Waals surface area contributed by atoms with E-state index in [-0.39, 0.29) is 12.5 Å². The van der Waals surface area contributed by atoms with E-state index >= 15 is 0 Å². The van der Waals surface area contributed by atoms with Crippen LogP contribution in [0.15, 0.2) is 24.3 Å². The highest BCUT2D eigenvalue weighted by atomic mass is 16.5. The van der Waals surface area contributed by atoms with Gasteiger partial charge in [-0.2, -0.15) is 0 Å². The Morgan fingerprint density at radius 3 is 2.57 bits per heavy atom. The fourth-order valence-corrected chi connectivity index (χ4v) is 1.63. The minimum absolute atomic E-state index is 0.0551. The monoisotopic (exact) mass is 295 g/mol. The van der Waals surface area contributed by atoms with Gasteiger partial charge in [0, 0.05) is 25.3 Å². The molecule has 0 fully saturated rings. The smallest absolute Gasteiger partial charge is 0.226 e. The highest BCUT2D eigenvalue weighted by molar-refractivity contribution is 5.90. The lowest BCUT2D eigenvalue weighted by molar-refractivity contribution is -0.117. The zero-order chi connectivity index (χ0) is 15.3. The molecule has 0 saturated carbocycles. The molecular weight excluding hydrogens is 270 g/mol. The molecule has 0 aliphatic rings. The van der Waals surface area contributed by atoms with Gasteiger partial charge in [-0.15, -0.1) is 0 Å². The number of aliphatic hydroxyl groups is 1. The van der Waals surface area contributed by atoms with Crippen LogP contribution in [0.4, 0.5) is 5.69 Å². The number of nitrogens with one attached hydrogen (secondary N) is 1. The molecule has 0 aliphatic heterocycles. The van der Waals surface area contributed by atoms with Gasteiger partial charge in [0.2, 0.25) is 5.91 Å². The SMILES string of the molecule is CCCCOCCC(=O)Nc1ccc(OCCCO)cc1. The van der Waals surface area contributed by atoms with Crippen LogP contribution >= 0.6 is 0 Å². The Morgan fingerprint density at radius 1 is 1.14 bits per heavy atom. The Morgan fingerprint density at radius 2 is 1.90 bits per heavy atom. The maximum absolute atomic E-state index is 11.7. The predicted molar refractivity (Wildman–Crippen MR) is 82.6 cm³/mol. The number of ether oxygens (including phenoxy) is 2. The zero-order valence-electron chi connectivity index (χ0n) is 12.6. The van der Waals surface area contributed by atoms with E-state index in [1.54, 1.807) is 24.3 Å². The molecule has 0 spiro atoms. The molecule has 0 radical (unpaired) electrons. The molecule has 2 N–H and O–H groups in total. The molecule has 0 saturated heterocycles. The molecule has 118 valence electrons. The molecule has 0 heterocycles. The largest absolute Gasteiger partial charge is 0.494 e. The fourth-order valence-electron chi connectivity index (χ4n) is 1.63. The van der Waals surface area contributed by atoms with Gasteiger partial charge in [0.25, 0.3) is 0 Å². The third-order valence-electron chi connectivity index (χ3n) is 2.82. The molecule has 1 amide bonds. The molecule has 1 rings (SSSR count). The van der Waals surface area contributed by atoms with E-state index in [0.717, 1.165) is 24.3 Å². The predicted octanol–water partition coefficient (Wildman–Crippen LogP) is 2.59. The number of hydrogen-bond donors (Lipinski definition) is 2. The Balaban J connectivity index is 2.23. The summed E-state index contributed by atoms with van der Waals surface area (Å²) in [5.74, 6) is 0.671. The first-order valence-corrected chi connectivity index (χ1v) is 7.47. The second kappa shape index (κ2) is 11.1. The van der Waals surface area contributed by atoms with Crippen LogP contribution in [0, 0.1) is 0 Å². The van der Waals surface area contributed by atoms with Gasteiger partial charge in [-0.1, -0.05) is 13.3 Å². The summed E-state index contributed by atoms with van der Waals surface area (Å²) in [6.07, 6.45) is 3.09. The van der Waals surface area contributed by atoms with Crippen LogP contribution in [0.1, 0.15) is 32.6 Å². The summed E-state index contributed by atoms with van der Waals surface area (Å²) in [5, 5.41) is 11.5. The summed E-state index contributed by atoms with van der Waals surface area (Å²) in [4.78, 5) is 11.7. The summed E-state index contributed by atoms with van der Waals surface area (Å²) in [5.41, 5.74) is 0.739. The van der Waals surface area contributed by atoms with Crippen LogP contribution in [0.3, 0.4) is 0 Å². The third kappa shape index (κ3) is 8.32. The number of carbonyl (C=O) groups excluding carboxylic acids is 1. The van der Waals surface area contributed by atoms with Gasteiger partial charge in [0.05, 0.1) is 19.6 Å². The van der Waals surface area contributed by atoms with Crippen molar-refractivity contribution < 1.29 is 19.4 Å². The number of carbonyl (C=O) groups is 1. The van der Waals surface area contributed by atoms with Gasteiger partial charge in [-0.3, -0.25) is 4.79 Å². The minimum atomic E-state index is -0.0551. The van der Waals surface area contributed by atoms with Gasteiger partial charge in [0.1, 0.15) is 5.75 Å². The lowest BCUT2D eigenvalue weighted by atomic mass is 10.3. The molecule has 5 nitrogen and oxygen atoms in total. The van der Waals surface area contributed by atoms with Crippen molar-refractivity contribution in [1.29, 1.82) is 0 Å². The van der Waals surface area contributed by atoms with Crippen molar-refractivity contribution in [3.8, 4) is 5.75 Å². The molecule has 0 bridgehead atoms. The van der Waals surface area contributed by atoms with Crippen LogP contribution in [0.5, 0.6) is 5.75 Å². The van der Waals surface area contributed by atoms with E-state index in [1.807, 2.05) is 0 Å². The number of rotatable bonds is 11. The molecular formula is C16H25NO4. The quantitative estimate of drug-likeness (QED) is 0.616. The van der Waals surface area contributed by atoms with Crippen molar-refractivity contribution in [2.24, 2.45) is 0 Å². The lowest BCUT2D eigenvalue weighted by Gasteiger charge is -2.08. The number of aliphatic hydroxyl groups excluding tert-OH is 1. The van der Waals surface area contributed by atoms with Crippen molar-refractivity contribution in [2.45, 2.75) is 32.6 Å². The van der Waals surface area contributed by atoms with E-state index in [9.17, 15) is 4.79 Å². The zero-order valence-corrected chi connectivity index (χ0v) is 12.6. The first-order chi connectivity index (χ1) is 10.3. The van der Waals surface area contributed by atoms with Crippen LogP contribution < -0.4 is 10.1 Å². The summed E-state index contributed by atoms with van der Waals surface area (Å²) < 4.78 is 10.8. The van der Waals surface area contributed by atoms with E-state index < -0.39 is 0 Å². The maximum atomic E-state index is 11.7. The lowest BCUT2D eigenvalue weighted by Crippen LogP contribution is -2.14. The number of hydrogen-bond acceptors (Lipinski definition) is 4. The molecule has 0 atom stereocenters. The molecule has 1 aromatic carbocycles. The standard InChI is InChI=1S/C16H25NO4/c1-2-3-11-20-13-9-16(19)17-14-5-7-15(8-6-14)21-12-4-10-18/h5-8,18H,2-4,9-13H2,1H3,(H,17,19). The third-order valence-corrected chi connectivity index (χ3v) is 2.82. The van der Waals surface area contributed by atoms with E-state index in [0.29, 0.717) is 32.7 Å². The second-order valence-electron chi connectivity index (χ2n) is 4.71. The van der Waals surface area contributed by atoms with Gasteiger partial charge >= 0.3 is 0 Å². The van der Waals surface area contributed by atoms with Crippen LogP contribution in [0.2, 0.25) is 0 Å². The van der Waals surface area contributed by atoms with Crippen LogP contribution in [0.25, 0.3) is 0 Å². The first-order valence-electron chi connectivity index (χ1n) is 7.47. The molecule has 21 heavy (non-hydrogen) atoms. The van der Waals surface area contributed by atoms with Gasteiger partial charge in [0.15, 0.2) is 0 Å². The average Bonchev–Trinajstić information content (AvgIpc) is 2.49. The van der Waals surface area contributed by atoms with Gasteiger partial charge in [-0.05, 0) is 30.7 Å². The highest BCUT2D eigenvalue weighted by Gasteiger charge is 2.02. The molecule has 0 unspecified atom stereocenters. The number of unbranched alkanes of at least 4 members (excludes halogenated alkanes) is 1. The van der Waals surface area contributed by atoms with Crippen molar-refractivity contribution in [1.82, 2.24) is 0 Å². The summed E-state index contributed by atoms with van der Waals surface area (Å²) in [6.45, 7) is 3.87. The summed E-state index contributed by atoms with van der Waals surface area (Å²) >= 11 is 0. The van der Waals surface area contributed by atoms with Crippen molar-refractivity contribution in [3.63, 3.8) is 0 Å². The van der Waals surface area contributed by atoms with Gasteiger partial charge < -0.3 is 19.9 Å². The second-order valence-corrected chi connectivity index (χ2v) is 4.71.